The highest BCUT2D eigenvalue weighted by Crippen LogP contribution is 2.43. The van der Waals surface area contributed by atoms with Crippen molar-refractivity contribution in [1.82, 2.24) is 0 Å². The third kappa shape index (κ3) is 8.19. The molecule has 0 saturated heterocycles. The predicted octanol–water partition coefficient (Wildman–Crippen LogP) is 14.8. The lowest BCUT2D eigenvalue weighted by Gasteiger charge is -2.32. The predicted molar refractivity (Wildman–Crippen MR) is 224 cm³/mol. The molecule has 1 unspecified atom stereocenters. The SMILES string of the molecule is C=C(/C=C\CC)c1ccccc1-c1ccc(Oc2ccc(C(C)CC)cc2)cc1[C@H](C)C(=C)N(c1ccccc1)c1ccc(-c2ccccc2)cc1. The van der Waals surface area contributed by atoms with E-state index in [2.05, 4.69) is 203 Å². The molecule has 0 aliphatic carbocycles. The van der Waals surface area contributed by atoms with Crippen LogP contribution in [0.2, 0.25) is 0 Å². The first-order chi connectivity index (χ1) is 25.4. The molecule has 0 heterocycles. The van der Waals surface area contributed by atoms with Crippen molar-refractivity contribution in [2.45, 2.75) is 52.4 Å². The monoisotopic (exact) mass is 679 g/mol. The third-order valence-corrected chi connectivity index (χ3v) is 9.94. The minimum Gasteiger partial charge on any atom is -0.457 e. The Morgan fingerprint density at radius 2 is 1.23 bits per heavy atom. The van der Waals surface area contributed by atoms with Crippen LogP contribution in [0.15, 0.2) is 183 Å². The van der Waals surface area contributed by atoms with Crippen LogP contribution in [0.25, 0.3) is 27.8 Å². The molecule has 0 bridgehead atoms. The largest absolute Gasteiger partial charge is 0.457 e. The Kier molecular flexibility index (Phi) is 11.7. The summed E-state index contributed by atoms with van der Waals surface area (Å²) >= 11 is 0. The Morgan fingerprint density at radius 1 is 0.635 bits per heavy atom. The Morgan fingerprint density at radius 3 is 1.90 bits per heavy atom. The molecule has 0 amide bonds. The molecule has 260 valence electrons. The van der Waals surface area contributed by atoms with Crippen LogP contribution < -0.4 is 9.64 Å². The first kappa shape index (κ1) is 35.9. The van der Waals surface area contributed by atoms with E-state index in [1.807, 2.05) is 0 Å². The van der Waals surface area contributed by atoms with Crippen LogP contribution in [0, 0.1) is 0 Å². The number of hydrogen-bond donors (Lipinski definition) is 0. The maximum atomic E-state index is 6.55. The maximum Gasteiger partial charge on any atom is 0.127 e. The van der Waals surface area contributed by atoms with Crippen molar-refractivity contribution in [2.75, 3.05) is 4.90 Å². The first-order valence-electron chi connectivity index (χ1n) is 18.4. The summed E-state index contributed by atoms with van der Waals surface area (Å²) in [5.41, 5.74) is 12.2. The standard InChI is InChI=1S/C50H49NO/c1-7-9-18-37(4)47-23-16-17-24-48(47)49-34-33-46(52-45-31-27-40(28-32-45)36(3)8-2)35-50(49)38(5)39(6)51(43-21-14-11-15-22-43)44-29-25-42(26-30-44)41-19-12-10-13-20-41/h9-36,38H,4,6-8H2,1-3,5H3/b18-9-/t36?,38-/m1/s1. The summed E-state index contributed by atoms with van der Waals surface area (Å²) < 4.78 is 6.55. The normalized spacial score (nSPS) is 12.3. The molecule has 2 nitrogen and oxygen atoms in total. The molecule has 0 spiro atoms. The van der Waals surface area contributed by atoms with Crippen LogP contribution in [0.5, 0.6) is 11.5 Å². The van der Waals surface area contributed by atoms with Crippen molar-refractivity contribution in [3.8, 4) is 33.8 Å². The van der Waals surface area contributed by atoms with Gasteiger partial charge in [-0.05, 0) is 112 Å². The van der Waals surface area contributed by atoms with Gasteiger partial charge in [-0.25, -0.2) is 0 Å². The van der Waals surface area contributed by atoms with Gasteiger partial charge in [-0.2, -0.15) is 0 Å². The van der Waals surface area contributed by atoms with E-state index < -0.39 is 0 Å². The number of hydrogen-bond acceptors (Lipinski definition) is 2. The van der Waals surface area contributed by atoms with Crippen molar-refractivity contribution >= 4 is 16.9 Å². The van der Waals surface area contributed by atoms with Crippen LogP contribution in [0.4, 0.5) is 11.4 Å². The zero-order chi connectivity index (χ0) is 36.5. The summed E-state index contributed by atoms with van der Waals surface area (Å²) in [7, 11) is 0. The summed E-state index contributed by atoms with van der Waals surface area (Å²) in [6.45, 7) is 18.1. The fourth-order valence-electron chi connectivity index (χ4n) is 6.66. The second-order valence-corrected chi connectivity index (χ2v) is 13.4. The molecule has 0 aliphatic heterocycles. The lowest BCUT2D eigenvalue weighted by atomic mass is 9.86. The summed E-state index contributed by atoms with van der Waals surface area (Å²) in [5, 5.41) is 0. The number of rotatable bonds is 14. The Bertz CT molecular complexity index is 2130. The van der Waals surface area contributed by atoms with Gasteiger partial charge in [-0.3, -0.25) is 0 Å². The van der Waals surface area contributed by atoms with Crippen molar-refractivity contribution in [3.05, 3.63) is 199 Å². The molecule has 2 heteroatoms. The van der Waals surface area contributed by atoms with Crippen LogP contribution in [0.1, 0.15) is 69.1 Å². The summed E-state index contributed by atoms with van der Waals surface area (Å²) in [6.07, 6.45) is 6.34. The van der Waals surface area contributed by atoms with E-state index in [0.29, 0.717) is 5.92 Å². The number of nitrogens with zero attached hydrogens (tertiary/aromatic N) is 1. The van der Waals surface area contributed by atoms with Gasteiger partial charge in [-0.15, -0.1) is 0 Å². The van der Waals surface area contributed by atoms with Gasteiger partial charge in [-0.1, -0.05) is 156 Å². The zero-order valence-corrected chi connectivity index (χ0v) is 30.9. The van der Waals surface area contributed by atoms with Gasteiger partial charge in [0.15, 0.2) is 0 Å². The zero-order valence-electron chi connectivity index (χ0n) is 30.9. The van der Waals surface area contributed by atoms with Crippen LogP contribution in [-0.2, 0) is 0 Å². The van der Waals surface area contributed by atoms with E-state index in [1.54, 1.807) is 0 Å². The average Bonchev–Trinajstić information content (AvgIpc) is 3.20. The summed E-state index contributed by atoms with van der Waals surface area (Å²) in [6, 6.07) is 53.3. The minimum absolute atomic E-state index is 0.0900. The Labute approximate surface area is 311 Å². The third-order valence-electron chi connectivity index (χ3n) is 9.94. The minimum atomic E-state index is -0.0900. The quantitative estimate of drug-likeness (QED) is 0.106. The summed E-state index contributed by atoms with van der Waals surface area (Å²) in [4.78, 5) is 2.28. The molecule has 0 aliphatic rings. The van der Waals surface area contributed by atoms with E-state index in [9.17, 15) is 0 Å². The van der Waals surface area contributed by atoms with Gasteiger partial charge in [0.05, 0.1) is 0 Å². The summed E-state index contributed by atoms with van der Waals surface area (Å²) in [5.74, 6) is 2.03. The highest BCUT2D eigenvalue weighted by molar-refractivity contribution is 5.86. The van der Waals surface area contributed by atoms with E-state index in [-0.39, 0.29) is 5.92 Å². The first-order valence-corrected chi connectivity index (χ1v) is 18.4. The van der Waals surface area contributed by atoms with Crippen LogP contribution >= 0.6 is 0 Å². The van der Waals surface area contributed by atoms with E-state index in [0.717, 1.165) is 69.2 Å². The second-order valence-electron chi connectivity index (χ2n) is 13.4. The average molecular weight is 680 g/mol. The highest BCUT2D eigenvalue weighted by atomic mass is 16.5. The van der Waals surface area contributed by atoms with Crippen LogP contribution in [0.3, 0.4) is 0 Å². The van der Waals surface area contributed by atoms with E-state index >= 15 is 0 Å². The lowest BCUT2D eigenvalue weighted by Crippen LogP contribution is -2.20. The number of allylic oxidation sites excluding steroid dienone is 4. The van der Waals surface area contributed by atoms with Gasteiger partial charge in [0.1, 0.15) is 11.5 Å². The number of anilines is 2. The molecule has 0 fully saturated rings. The van der Waals surface area contributed by atoms with Crippen molar-refractivity contribution in [2.24, 2.45) is 0 Å². The number of benzene rings is 6. The van der Waals surface area contributed by atoms with Gasteiger partial charge in [0, 0.05) is 23.0 Å². The molecule has 6 aromatic rings. The molecule has 2 atom stereocenters. The maximum absolute atomic E-state index is 6.55. The Hall–Kier alpha value is -5.86. The number of ether oxygens (including phenoxy) is 1. The molecule has 52 heavy (non-hydrogen) atoms. The second kappa shape index (κ2) is 16.9. The molecule has 6 aromatic carbocycles. The fourth-order valence-corrected chi connectivity index (χ4v) is 6.66. The van der Waals surface area contributed by atoms with Crippen molar-refractivity contribution in [3.63, 3.8) is 0 Å². The highest BCUT2D eigenvalue weighted by Gasteiger charge is 2.24. The molecule has 0 saturated carbocycles. The number of para-hydroxylation sites is 1. The van der Waals surface area contributed by atoms with E-state index in [1.165, 1.54) is 16.7 Å². The fraction of sp³-hybridized carbons (Fsp3) is 0.160. The molecule has 0 N–H and O–H groups in total. The smallest absolute Gasteiger partial charge is 0.127 e. The van der Waals surface area contributed by atoms with Gasteiger partial charge in [0.2, 0.25) is 0 Å². The lowest BCUT2D eigenvalue weighted by molar-refractivity contribution is 0.481. The van der Waals surface area contributed by atoms with Gasteiger partial charge in [0.25, 0.3) is 0 Å². The van der Waals surface area contributed by atoms with Crippen molar-refractivity contribution < 1.29 is 4.74 Å². The molecule has 0 aromatic heterocycles. The molecular weight excluding hydrogens is 631 g/mol. The molecule has 0 radical (unpaired) electrons. The Balaban J connectivity index is 1.43. The van der Waals surface area contributed by atoms with E-state index in [4.69, 9.17) is 11.3 Å². The molecule has 6 rings (SSSR count). The van der Waals surface area contributed by atoms with Crippen LogP contribution in [-0.4, -0.2) is 0 Å². The topological polar surface area (TPSA) is 12.5 Å². The van der Waals surface area contributed by atoms with Gasteiger partial charge >= 0.3 is 0 Å². The molecular formula is C50H49NO. The van der Waals surface area contributed by atoms with Gasteiger partial charge < -0.3 is 9.64 Å². The van der Waals surface area contributed by atoms with Crippen molar-refractivity contribution in [1.29, 1.82) is 0 Å².